The Kier molecular flexibility index (Phi) is 7.88. The average molecular weight is 455 g/mol. The van der Waals surface area contributed by atoms with Crippen LogP contribution in [0, 0.1) is 13.8 Å². The number of nitrogens with zero attached hydrogens (tertiary/aromatic N) is 3. The van der Waals surface area contributed by atoms with E-state index in [1.165, 1.54) is 11.8 Å². The van der Waals surface area contributed by atoms with Gasteiger partial charge in [-0.2, -0.15) is 0 Å². The fourth-order valence-electron chi connectivity index (χ4n) is 3.06. The molecule has 9 heteroatoms. The monoisotopic (exact) mass is 454 g/mol. The van der Waals surface area contributed by atoms with Crippen LogP contribution in [0.2, 0.25) is 0 Å². The first-order valence-electron chi connectivity index (χ1n) is 10.2. The van der Waals surface area contributed by atoms with Gasteiger partial charge in [0.2, 0.25) is 0 Å². The first-order valence-corrected chi connectivity index (χ1v) is 11.1. The van der Waals surface area contributed by atoms with Crippen molar-refractivity contribution in [2.75, 3.05) is 19.5 Å². The fraction of sp³-hybridized carbons (Fsp3) is 0.304. The molecular formula is C23H26N4O4S. The predicted octanol–water partition coefficient (Wildman–Crippen LogP) is 3.48. The van der Waals surface area contributed by atoms with Crippen LogP contribution < -0.4 is 10.1 Å². The molecular weight excluding hydrogens is 428 g/mol. The Morgan fingerprint density at radius 2 is 1.84 bits per heavy atom. The number of aromatic nitrogens is 3. The summed E-state index contributed by atoms with van der Waals surface area (Å²) in [5, 5.41) is 12.0. The van der Waals surface area contributed by atoms with E-state index < -0.39 is 0 Å². The molecule has 0 saturated heterocycles. The maximum atomic E-state index is 12.6. The van der Waals surface area contributed by atoms with E-state index >= 15 is 0 Å². The van der Waals surface area contributed by atoms with E-state index in [0.29, 0.717) is 28.9 Å². The normalized spacial score (nSPS) is 10.6. The number of rotatable bonds is 9. The molecule has 0 radical (unpaired) electrons. The average Bonchev–Trinajstić information content (AvgIpc) is 3.20. The van der Waals surface area contributed by atoms with Gasteiger partial charge < -0.3 is 14.8 Å². The molecule has 1 amide bonds. The minimum Gasteiger partial charge on any atom is -0.497 e. The van der Waals surface area contributed by atoms with Crippen LogP contribution in [0.3, 0.4) is 0 Å². The van der Waals surface area contributed by atoms with E-state index in [0.717, 1.165) is 16.8 Å². The molecule has 0 unspecified atom stereocenters. The van der Waals surface area contributed by atoms with Gasteiger partial charge in [-0.15, -0.1) is 10.2 Å². The van der Waals surface area contributed by atoms with Crippen LogP contribution in [0.1, 0.15) is 34.2 Å². The minimum absolute atomic E-state index is 0.120. The number of thioether (sulfide) groups is 1. The molecule has 1 heterocycles. The summed E-state index contributed by atoms with van der Waals surface area (Å²) in [6.07, 6.45) is 0. The number of aryl methyl sites for hydroxylation is 1. The molecule has 0 aliphatic rings. The quantitative estimate of drug-likeness (QED) is 0.391. The highest BCUT2D eigenvalue weighted by atomic mass is 32.2. The summed E-state index contributed by atoms with van der Waals surface area (Å²) in [6.45, 7) is 6.31. The molecule has 0 saturated carbocycles. The van der Waals surface area contributed by atoms with Gasteiger partial charge in [0.05, 0.1) is 31.7 Å². The van der Waals surface area contributed by atoms with E-state index in [1.54, 1.807) is 38.3 Å². The van der Waals surface area contributed by atoms with Crippen LogP contribution in [-0.2, 0) is 16.1 Å². The zero-order chi connectivity index (χ0) is 23.1. The predicted molar refractivity (Wildman–Crippen MR) is 122 cm³/mol. The van der Waals surface area contributed by atoms with Gasteiger partial charge in [0, 0.05) is 5.56 Å². The van der Waals surface area contributed by atoms with Crippen molar-refractivity contribution in [3.05, 3.63) is 65.0 Å². The SMILES string of the molecule is CCOC(=O)CSc1nnc(CNC(=O)c2ccc(OC)cc2)n1-c1cccc(C)c1C. The third kappa shape index (κ3) is 5.47. The lowest BCUT2D eigenvalue weighted by atomic mass is 10.1. The molecule has 32 heavy (non-hydrogen) atoms. The van der Waals surface area contributed by atoms with E-state index in [9.17, 15) is 9.59 Å². The van der Waals surface area contributed by atoms with Crippen molar-refractivity contribution in [2.24, 2.45) is 0 Å². The van der Waals surface area contributed by atoms with Gasteiger partial charge >= 0.3 is 5.97 Å². The van der Waals surface area contributed by atoms with Gasteiger partial charge in [0.1, 0.15) is 5.75 Å². The van der Waals surface area contributed by atoms with Crippen LogP contribution in [0.4, 0.5) is 0 Å². The number of esters is 1. The van der Waals surface area contributed by atoms with Crippen molar-refractivity contribution in [2.45, 2.75) is 32.5 Å². The smallest absolute Gasteiger partial charge is 0.316 e. The number of hydrogen-bond donors (Lipinski definition) is 1. The zero-order valence-electron chi connectivity index (χ0n) is 18.5. The lowest BCUT2D eigenvalue weighted by molar-refractivity contribution is -0.139. The Balaban J connectivity index is 1.85. The van der Waals surface area contributed by atoms with Gasteiger partial charge in [0.25, 0.3) is 5.91 Å². The summed E-state index contributed by atoms with van der Waals surface area (Å²) in [6, 6.07) is 12.8. The number of ether oxygens (including phenoxy) is 2. The standard InChI is InChI=1S/C23H26N4O4S/c1-5-31-21(28)14-32-23-26-25-20(27(23)19-8-6-7-15(2)16(19)3)13-24-22(29)17-9-11-18(30-4)12-10-17/h6-12H,5,13-14H2,1-4H3,(H,24,29). The van der Waals surface area contributed by atoms with Crippen molar-refractivity contribution in [1.29, 1.82) is 0 Å². The second kappa shape index (κ2) is 10.8. The molecule has 1 N–H and O–H groups in total. The van der Waals surface area contributed by atoms with E-state index in [2.05, 4.69) is 15.5 Å². The number of hydrogen-bond acceptors (Lipinski definition) is 7. The lowest BCUT2D eigenvalue weighted by Crippen LogP contribution is -2.24. The molecule has 0 bridgehead atoms. The van der Waals surface area contributed by atoms with Crippen molar-refractivity contribution in [3.8, 4) is 11.4 Å². The van der Waals surface area contributed by atoms with Gasteiger partial charge in [0.15, 0.2) is 11.0 Å². The third-order valence-corrected chi connectivity index (χ3v) is 5.80. The minimum atomic E-state index is -0.317. The molecule has 0 aliphatic heterocycles. The topological polar surface area (TPSA) is 95.3 Å². The number of nitrogens with one attached hydrogen (secondary N) is 1. The second-order valence-corrected chi connectivity index (χ2v) is 7.90. The fourth-order valence-corrected chi connectivity index (χ4v) is 3.82. The summed E-state index contributed by atoms with van der Waals surface area (Å²) >= 11 is 1.25. The molecule has 0 spiro atoms. The number of benzene rings is 2. The molecule has 1 aromatic heterocycles. The number of carbonyl (C=O) groups excluding carboxylic acids is 2. The van der Waals surface area contributed by atoms with E-state index in [-0.39, 0.29) is 24.2 Å². The maximum Gasteiger partial charge on any atom is 0.316 e. The summed E-state index contributed by atoms with van der Waals surface area (Å²) in [7, 11) is 1.58. The van der Waals surface area contributed by atoms with Gasteiger partial charge in [-0.05, 0) is 62.2 Å². The highest BCUT2D eigenvalue weighted by molar-refractivity contribution is 7.99. The van der Waals surface area contributed by atoms with Crippen LogP contribution in [-0.4, -0.2) is 46.1 Å². The molecule has 3 aromatic rings. The van der Waals surface area contributed by atoms with Crippen molar-refractivity contribution < 1.29 is 19.1 Å². The van der Waals surface area contributed by atoms with Crippen molar-refractivity contribution in [3.63, 3.8) is 0 Å². The van der Waals surface area contributed by atoms with Gasteiger partial charge in [-0.3, -0.25) is 14.2 Å². The molecule has 0 fully saturated rings. The van der Waals surface area contributed by atoms with Crippen LogP contribution >= 0.6 is 11.8 Å². The number of carbonyl (C=O) groups is 2. The highest BCUT2D eigenvalue weighted by Gasteiger charge is 2.19. The maximum absolute atomic E-state index is 12.6. The molecule has 0 aliphatic carbocycles. The van der Waals surface area contributed by atoms with E-state index in [1.807, 2.05) is 36.6 Å². The van der Waals surface area contributed by atoms with Crippen molar-refractivity contribution >= 4 is 23.6 Å². The van der Waals surface area contributed by atoms with Gasteiger partial charge in [-0.25, -0.2) is 0 Å². The summed E-state index contributed by atoms with van der Waals surface area (Å²) in [5.41, 5.74) is 3.59. The molecule has 2 aromatic carbocycles. The first kappa shape index (κ1) is 23.3. The second-order valence-electron chi connectivity index (χ2n) is 6.96. The summed E-state index contributed by atoms with van der Waals surface area (Å²) < 4.78 is 12.0. The Hall–Kier alpha value is -3.33. The molecule has 3 rings (SSSR count). The van der Waals surface area contributed by atoms with Crippen molar-refractivity contribution in [1.82, 2.24) is 20.1 Å². The Morgan fingerprint density at radius 1 is 1.09 bits per heavy atom. The van der Waals surface area contributed by atoms with E-state index in [4.69, 9.17) is 9.47 Å². The summed E-state index contributed by atoms with van der Waals surface area (Å²) in [4.78, 5) is 24.4. The zero-order valence-corrected chi connectivity index (χ0v) is 19.4. The van der Waals surface area contributed by atoms with Crippen LogP contribution in [0.15, 0.2) is 47.6 Å². The molecule has 0 atom stereocenters. The largest absolute Gasteiger partial charge is 0.497 e. The lowest BCUT2D eigenvalue weighted by Gasteiger charge is -2.14. The number of methoxy groups -OCH3 is 1. The molecule has 8 nitrogen and oxygen atoms in total. The highest BCUT2D eigenvalue weighted by Crippen LogP contribution is 2.26. The van der Waals surface area contributed by atoms with Crippen LogP contribution in [0.25, 0.3) is 5.69 Å². The first-order chi connectivity index (χ1) is 15.4. The Bertz CT molecular complexity index is 1100. The Morgan fingerprint density at radius 3 is 2.53 bits per heavy atom. The summed E-state index contributed by atoms with van der Waals surface area (Å²) in [5.74, 6) is 0.812. The Labute approximate surface area is 191 Å². The number of amides is 1. The van der Waals surface area contributed by atoms with Gasteiger partial charge in [-0.1, -0.05) is 23.9 Å². The third-order valence-electron chi connectivity index (χ3n) is 4.90. The molecule has 168 valence electrons. The van der Waals surface area contributed by atoms with Crippen LogP contribution in [0.5, 0.6) is 5.75 Å².